The molecule has 0 fully saturated rings. The van der Waals surface area contributed by atoms with Crippen molar-refractivity contribution in [2.75, 3.05) is 5.32 Å². The molecule has 0 spiro atoms. The van der Waals surface area contributed by atoms with E-state index < -0.39 is 28.0 Å². The van der Waals surface area contributed by atoms with Crippen LogP contribution in [0.3, 0.4) is 0 Å². The fourth-order valence-corrected chi connectivity index (χ4v) is 2.86. The Morgan fingerprint density at radius 3 is 2.26 bits per heavy atom. The molecule has 10 heteroatoms. The van der Waals surface area contributed by atoms with Crippen molar-refractivity contribution in [1.82, 2.24) is 9.78 Å². The van der Waals surface area contributed by atoms with Crippen LogP contribution in [0.5, 0.6) is 0 Å². The van der Waals surface area contributed by atoms with Gasteiger partial charge in [0.2, 0.25) is 10.0 Å². The SMILES string of the molecule is NS(=O)(=O)c1ccc(-n2nc(C(F)F)cc2NC(=O)c2ccccc2)cc1. The van der Waals surface area contributed by atoms with Crippen LogP contribution in [0.15, 0.2) is 65.6 Å². The van der Waals surface area contributed by atoms with Gasteiger partial charge in [0.05, 0.1) is 10.6 Å². The Balaban J connectivity index is 1.98. The molecule has 0 radical (unpaired) electrons. The minimum absolute atomic E-state index is 0.0162. The van der Waals surface area contributed by atoms with E-state index in [0.717, 1.165) is 10.7 Å². The quantitative estimate of drug-likeness (QED) is 0.696. The lowest BCUT2D eigenvalue weighted by Crippen LogP contribution is -2.15. The van der Waals surface area contributed by atoms with Gasteiger partial charge in [-0.25, -0.2) is 27.0 Å². The van der Waals surface area contributed by atoms with E-state index in [4.69, 9.17) is 5.14 Å². The Morgan fingerprint density at radius 1 is 1.07 bits per heavy atom. The summed E-state index contributed by atoms with van der Waals surface area (Å²) in [6.45, 7) is 0. The first-order chi connectivity index (χ1) is 12.8. The Hall–Kier alpha value is -3.11. The van der Waals surface area contributed by atoms with E-state index >= 15 is 0 Å². The van der Waals surface area contributed by atoms with Gasteiger partial charge in [0.15, 0.2) is 0 Å². The van der Waals surface area contributed by atoms with Crippen molar-refractivity contribution in [3.63, 3.8) is 0 Å². The Kier molecular flexibility index (Phi) is 5.02. The highest BCUT2D eigenvalue weighted by Gasteiger charge is 2.19. The van der Waals surface area contributed by atoms with Gasteiger partial charge in [-0.3, -0.25) is 4.79 Å². The van der Waals surface area contributed by atoms with E-state index in [2.05, 4.69) is 10.4 Å². The van der Waals surface area contributed by atoms with Gasteiger partial charge in [-0.05, 0) is 36.4 Å². The molecule has 2 aromatic carbocycles. The summed E-state index contributed by atoms with van der Waals surface area (Å²) in [6.07, 6.45) is -2.85. The number of nitrogens with one attached hydrogen (secondary N) is 1. The monoisotopic (exact) mass is 392 g/mol. The molecule has 0 aliphatic rings. The van der Waals surface area contributed by atoms with Crippen LogP contribution in [0, 0.1) is 0 Å². The molecule has 1 heterocycles. The lowest BCUT2D eigenvalue weighted by molar-refractivity contribution is 0.102. The van der Waals surface area contributed by atoms with Crippen LogP contribution in [0.1, 0.15) is 22.5 Å². The Labute approximate surface area is 153 Å². The summed E-state index contributed by atoms with van der Waals surface area (Å²) in [5, 5.41) is 11.4. The lowest BCUT2D eigenvalue weighted by Gasteiger charge is -2.09. The molecule has 0 unspecified atom stereocenters. The molecule has 0 saturated heterocycles. The van der Waals surface area contributed by atoms with Gasteiger partial charge in [-0.15, -0.1) is 0 Å². The maximum Gasteiger partial charge on any atom is 0.282 e. The number of halogens is 2. The van der Waals surface area contributed by atoms with Crippen molar-refractivity contribution in [3.05, 3.63) is 71.9 Å². The van der Waals surface area contributed by atoms with Crippen LogP contribution in [0.4, 0.5) is 14.6 Å². The Morgan fingerprint density at radius 2 is 1.70 bits per heavy atom. The van der Waals surface area contributed by atoms with Crippen LogP contribution in [0.25, 0.3) is 5.69 Å². The maximum atomic E-state index is 13.1. The normalized spacial score (nSPS) is 11.6. The molecule has 0 aliphatic heterocycles. The smallest absolute Gasteiger partial charge is 0.282 e. The molecule has 3 N–H and O–H groups in total. The summed E-state index contributed by atoms with van der Waals surface area (Å²) in [7, 11) is -3.89. The number of amides is 1. The summed E-state index contributed by atoms with van der Waals surface area (Å²) >= 11 is 0. The molecule has 3 aromatic rings. The number of carbonyl (C=O) groups is 1. The zero-order valence-corrected chi connectivity index (χ0v) is 14.5. The van der Waals surface area contributed by atoms with Crippen molar-refractivity contribution >= 4 is 21.7 Å². The average Bonchev–Trinajstić information content (AvgIpc) is 3.06. The van der Waals surface area contributed by atoms with E-state index in [0.29, 0.717) is 5.56 Å². The highest BCUT2D eigenvalue weighted by Crippen LogP contribution is 2.25. The van der Waals surface area contributed by atoms with E-state index in [1.54, 1.807) is 30.3 Å². The second kappa shape index (κ2) is 7.25. The van der Waals surface area contributed by atoms with E-state index in [1.807, 2.05) is 0 Å². The molecule has 0 saturated carbocycles. The van der Waals surface area contributed by atoms with Gasteiger partial charge in [-0.2, -0.15) is 5.10 Å². The summed E-state index contributed by atoms with van der Waals surface area (Å²) < 4.78 is 49.9. The van der Waals surface area contributed by atoms with Crippen LogP contribution in [0.2, 0.25) is 0 Å². The van der Waals surface area contributed by atoms with Crippen molar-refractivity contribution in [2.24, 2.45) is 5.14 Å². The predicted octanol–water partition coefficient (Wildman–Crippen LogP) is 2.71. The van der Waals surface area contributed by atoms with Gasteiger partial charge < -0.3 is 5.32 Å². The van der Waals surface area contributed by atoms with Crippen LogP contribution in [-0.2, 0) is 10.0 Å². The third kappa shape index (κ3) is 4.18. The zero-order valence-electron chi connectivity index (χ0n) is 13.7. The van der Waals surface area contributed by atoms with Gasteiger partial charge in [-0.1, -0.05) is 18.2 Å². The number of benzene rings is 2. The van der Waals surface area contributed by atoms with E-state index in [-0.39, 0.29) is 16.4 Å². The molecule has 140 valence electrons. The van der Waals surface area contributed by atoms with Crippen LogP contribution < -0.4 is 10.5 Å². The number of hydrogen-bond acceptors (Lipinski definition) is 4. The first kappa shape index (κ1) is 18.7. The fourth-order valence-electron chi connectivity index (χ4n) is 2.35. The molecular formula is C17H14F2N4O3S. The largest absolute Gasteiger partial charge is 0.306 e. The molecule has 0 aliphatic carbocycles. The lowest BCUT2D eigenvalue weighted by atomic mass is 10.2. The molecule has 27 heavy (non-hydrogen) atoms. The highest BCUT2D eigenvalue weighted by molar-refractivity contribution is 7.89. The molecular weight excluding hydrogens is 378 g/mol. The van der Waals surface area contributed by atoms with Crippen molar-refractivity contribution in [2.45, 2.75) is 11.3 Å². The number of sulfonamides is 1. The number of primary sulfonamides is 1. The first-order valence-corrected chi connectivity index (χ1v) is 9.18. The maximum absolute atomic E-state index is 13.1. The standard InChI is InChI=1S/C17H14F2N4O3S/c18-16(19)14-10-15(21-17(24)11-4-2-1-3-5-11)23(22-14)12-6-8-13(9-7-12)27(20,25)26/h1-10,16H,(H,21,24)(H2,20,25,26). The highest BCUT2D eigenvalue weighted by atomic mass is 32.2. The average molecular weight is 392 g/mol. The summed E-state index contributed by atoms with van der Waals surface area (Å²) in [5.41, 5.74) is 0.0833. The predicted molar refractivity (Wildman–Crippen MR) is 94.3 cm³/mol. The molecule has 3 rings (SSSR count). The topological polar surface area (TPSA) is 107 Å². The number of rotatable bonds is 5. The third-order valence-electron chi connectivity index (χ3n) is 3.64. The van der Waals surface area contributed by atoms with Gasteiger partial charge in [0, 0.05) is 11.6 Å². The Bertz CT molecular complexity index is 1070. The van der Waals surface area contributed by atoms with Crippen molar-refractivity contribution in [3.8, 4) is 5.69 Å². The van der Waals surface area contributed by atoms with E-state index in [9.17, 15) is 22.0 Å². The second-order valence-corrected chi connectivity index (χ2v) is 7.09. The fraction of sp³-hybridized carbons (Fsp3) is 0.0588. The zero-order chi connectivity index (χ0) is 19.6. The molecule has 0 atom stereocenters. The summed E-state index contributed by atoms with van der Waals surface area (Å²) in [5.74, 6) is -0.485. The second-order valence-electron chi connectivity index (χ2n) is 5.53. The molecule has 0 bridgehead atoms. The van der Waals surface area contributed by atoms with Gasteiger partial charge >= 0.3 is 0 Å². The summed E-state index contributed by atoms with van der Waals surface area (Å²) in [6, 6.07) is 14.4. The van der Waals surface area contributed by atoms with Crippen LogP contribution in [-0.4, -0.2) is 24.1 Å². The minimum Gasteiger partial charge on any atom is -0.306 e. The van der Waals surface area contributed by atoms with Crippen molar-refractivity contribution < 1.29 is 22.0 Å². The number of alkyl halides is 2. The van der Waals surface area contributed by atoms with E-state index in [1.165, 1.54) is 24.3 Å². The van der Waals surface area contributed by atoms with Gasteiger partial charge in [0.1, 0.15) is 11.5 Å². The molecule has 1 aromatic heterocycles. The number of carbonyl (C=O) groups excluding carboxylic acids is 1. The van der Waals surface area contributed by atoms with Crippen LogP contribution >= 0.6 is 0 Å². The number of anilines is 1. The third-order valence-corrected chi connectivity index (χ3v) is 4.57. The number of nitrogens with two attached hydrogens (primary N) is 1. The van der Waals surface area contributed by atoms with Crippen molar-refractivity contribution in [1.29, 1.82) is 0 Å². The molecule has 7 nitrogen and oxygen atoms in total. The number of nitrogens with zero attached hydrogens (tertiary/aromatic N) is 2. The number of aromatic nitrogens is 2. The van der Waals surface area contributed by atoms with Gasteiger partial charge in [0.25, 0.3) is 12.3 Å². The minimum atomic E-state index is -3.89. The summed E-state index contributed by atoms with van der Waals surface area (Å²) in [4.78, 5) is 12.2. The number of hydrogen-bond donors (Lipinski definition) is 2. The molecule has 1 amide bonds. The first-order valence-electron chi connectivity index (χ1n) is 7.63.